The lowest BCUT2D eigenvalue weighted by Gasteiger charge is -2.22. The van der Waals surface area contributed by atoms with Gasteiger partial charge in [-0.25, -0.2) is 0 Å². The molecule has 0 saturated heterocycles. The number of nitrogens with two attached hydrogens (primary N) is 1. The Morgan fingerprint density at radius 3 is 2.76 bits per heavy atom. The molecule has 1 aromatic heterocycles. The van der Waals surface area contributed by atoms with Crippen molar-refractivity contribution in [1.82, 2.24) is 10.2 Å². The highest BCUT2D eigenvalue weighted by Gasteiger charge is 2.30. The van der Waals surface area contributed by atoms with Crippen LogP contribution in [0, 0.1) is 6.92 Å². The van der Waals surface area contributed by atoms with Gasteiger partial charge in [-0.05, 0) is 19.3 Å². The van der Waals surface area contributed by atoms with Gasteiger partial charge in [0.05, 0.1) is 0 Å². The molecule has 0 aliphatic rings. The predicted octanol–water partition coefficient (Wildman–Crippen LogP) is 1.44. The summed E-state index contributed by atoms with van der Waals surface area (Å²) in [5, 5.41) is 17.0. The highest BCUT2D eigenvalue weighted by atomic mass is 32.2. The number of rotatable bonds is 7. The number of carboxylic acids is 1. The van der Waals surface area contributed by atoms with Crippen molar-refractivity contribution in [2.45, 2.75) is 43.9 Å². The van der Waals surface area contributed by atoms with Crippen molar-refractivity contribution in [2.75, 3.05) is 5.75 Å². The molecular weight excluding hydrogens is 242 g/mol. The van der Waals surface area contributed by atoms with Crippen molar-refractivity contribution in [3.05, 3.63) is 5.89 Å². The Kier molecular flexibility index (Phi) is 4.95. The average Bonchev–Trinajstić information content (AvgIpc) is 2.70. The van der Waals surface area contributed by atoms with E-state index >= 15 is 0 Å². The molecule has 0 saturated carbocycles. The van der Waals surface area contributed by atoms with Gasteiger partial charge in [0, 0.05) is 12.7 Å². The van der Waals surface area contributed by atoms with Gasteiger partial charge in [-0.1, -0.05) is 18.7 Å². The van der Waals surface area contributed by atoms with E-state index in [1.807, 2.05) is 0 Å². The third-order valence-corrected chi connectivity index (χ3v) is 3.46. The lowest BCUT2D eigenvalue weighted by Crippen LogP contribution is -2.47. The van der Waals surface area contributed by atoms with Gasteiger partial charge in [-0.3, -0.25) is 4.79 Å². The van der Waals surface area contributed by atoms with Gasteiger partial charge in [-0.15, -0.1) is 10.2 Å². The van der Waals surface area contributed by atoms with E-state index in [0.717, 1.165) is 0 Å². The first-order valence-electron chi connectivity index (χ1n) is 5.43. The monoisotopic (exact) mass is 259 g/mol. The zero-order chi connectivity index (χ0) is 12.9. The van der Waals surface area contributed by atoms with Crippen LogP contribution >= 0.6 is 11.8 Å². The maximum Gasteiger partial charge on any atom is 0.323 e. The molecule has 17 heavy (non-hydrogen) atoms. The predicted molar refractivity (Wildman–Crippen MR) is 63.8 cm³/mol. The number of carboxylic acid groups (broad SMARTS) is 1. The number of hydrogen-bond acceptors (Lipinski definition) is 6. The van der Waals surface area contributed by atoms with Gasteiger partial charge < -0.3 is 15.3 Å². The highest BCUT2D eigenvalue weighted by Crippen LogP contribution is 2.21. The average molecular weight is 259 g/mol. The maximum atomic E-state index is 10.9. The lowest BCUT2D eigenvalue weighted by molar-refractivity contribution is -0.143. The van der Waals surface area contributed by atoms with E-state index < -0.39 is 11.5 Å². The van der Waals surface area contributed by atoms with Crippen LogP contribution in [0.25, 0.3) is 0 Å². The van der Waals surface area contributed by atoms with Crippen LogP contribution in [-0.4, -0.2) is 32.6 Å². The Bertz CT molecular complexity index is 383. The summed E-state index contributed by atoms with van der Waals surface area (Å²) >= 11 is 1.42. The zero-order valence-corrected chi connectivity index (χ0v) is 10.8. The summed E-state index contributed by atoms with van der Waals surface area (Å²) in [6.07, 6.45) is 1.56. The molecule has 0 fully saturated rings. The molecule has 7 heteroatoms. The van der Waals surface area contributed by atoms with Crippen LogP contribution in [0.3, 0.4) is 0 Å². The van der Waals surface area contributed by atoms with Crippen molar-refractivity contribution < 1.29 is 14.3 Å². The second kappa shape index (κ2) is 6.02. The molecule has 1 aromatic rings. The van der Waals surface area contributed by atoms with Crippen LogP contribution in [0.4, 0.5) is 0 Å². The topological polar surface area (TPSA) is 102 Å². The molecule has 3 N–H and O–H groups in total. The van der Waals surface area contributed by atoms with Crippen molar-refractivity contribution in [3.8, 4) is 0 Å². The summed E-state index contributed by atoms with van der Waals surface area (Å²) in [6.45, 7) is 3.51. The van der Waals surface area contributed by atoms with Crippen LogP contribution in [0.5, 0.6) is 0 Å². The van der Waals surface area contributed by atoms with Crippen LogP contribution in [-0.2, 0) is 4.79 Å². The fourth-order valence-electron chi connectivity index (χ4n) is 1.32. The molecule has 0 radical (unpaired) electrons. The molecule has 96 valence electrons. The summed E-state index contributed by atoms with van der Waals surface area (Å²) < 4.78 is 5.18. The maximum absolute atomic E-state index is 10.9. The zero-order valence-electron chi connectivity index (χ0n) is 9.97. The SMILES string of the molecule is CCC(N)(CCCSc1nnc(C)o1)C(=O)O. The van der Waals surface area contributed by atoms with Crippen molar-refractivity contribution >= 4 is 17.7 Å². The normalized spacial score (nSPS) is 14.5. The molecule has 6 nitrogen and oxygen atoms in total. The molecule has 1 heterocycles. The van der Waals surface area contributed by atoms with Crippen LogP contribution < -0.4 is 5.73 Å². The fraction of sp³-hybridized carbons (Fsp3) is 0.700. The summed E-state index contributed by atoms with van der Waals surface area (Å²) in [5.74, 6) is 0.298. The lowest BCUT2D eigenvalue weighted by atomic mass is 9.92. The number of thioether (sulfide) groups is 1. The Labute approximate surface area is 104 Å². The first-order chi connectivity index (χ1) is 7.98. The van der Waals surface area contributed by atoms with Gasteiger partial charge >= 0.3 is 5.97 Å². The van der Waals surface area contributed by atoms with E-state index in [1.165, 1.54) is 11.8 Å². The molecule has 0 spiro atoms. The first kappa shape index (κ1) is 14.0. The molecule has 1 rings (SSSR count). The standard InChI is InChI=1S/C10H17N3O3S/c1-3-10(11,8(14)15)5-4-6-17-9-13-12-7(2)16-9/h3-6,11H2,1-2H3,(H,14,15). The van der Waals surface area contributed by atoms with Gasteiger partial charge in [0.2, 0.25) is 5.89 Å². The van der Waals surface area contributed by atoms with Gasteiger partial charge in [0.25, 0.3) is 5.22 Å². The summed E-state index contributed by atoms with van der Waals surface area (Å²) in [7, 11) is 0. The molecule has 0 aliphatic heterocycles. The summed E-state index contributed by atoms with van der Waals surface area (Å²) in [5.41, 5.74) is 4.64. The van der Waals surface area contributed by atoms with E-state index in [0.29, 0.717) is 36.1 Å². The minimum atomic E-state index is -1.12. The molecule has 0 aliphatic carbocycles. The van der Waals surface area contributed by atoms with Crippen molar-refractivity contribution in [2.24, 2.45) is 5.73 Å². The number of aromatic nitrogens is 2. The van der Waals surface area contributed by atoms with Gasteiger partial charge in [-0.2, -0.15) is 0 Å². The molecular formula is C10H17N3O3S. The number of aliphatic carboxylic acids is 1. The Morgan fingerprint density at radius 2 is 2.29 bits per heavy atom. The number of hydrogen-bond donors (Lipinski definition) is 2. The van der Waals surface area contributed by atoms with Crippen LogP contribution in [0.2, 0.25) is 0 Å². The number of aryl methyl sites for hydroxylation is 1. The van der Waals surface area contributed by atoms with E-state index in [-0.39, 0.29) is 0 Å². The third kappa shape index (κ3) is 4.01. The summed E-state index contributed by atoms with van der Waals surface area (Å²) in [6, 6.07) is 0. The Morgan fingerprint density at radius 1 is 1.59 bits per heavy atom. The highest BCUT2D eigenvalue weighted by molar-refractivity contribution is 7.99. The molecule has 0 bridgehead atoms. The summed E-state index contributed by atoms with van der Waals surface area (Å²) in [4.78, 5) is 10.9. The minimum absolute atomic E-state index is 0.423. The van der Waals surface area contributed by atoms with Gasteiger partial charge in [0.15, 0.2) is 0 Å². The number of nitrogens with zero attached hydrogens (tertiary/aromatic N) is 2. The second-order valence-corrected chi connectivity index (χ2v) is 4.90. The smallest absolute Gasteiger partial charge is 0.323 e. The fourth-order valence-corrected chi connectivity index (χ4v) is 2.06. The molecule has 1 atom stereocenters. The molecule has 0 amide bonds. The Balaban J connectivity index is 2.30. The van der Waals surface area contributed by atoms with Crippen LogP contribution in [0.15, 0.2) is 9.64 Å². The minimum Gasteiger partial charge on any atom is -0.480 e. The van der Waals surface area contributed by atoms with E-state index in [2.05, 4.69) is 10.2 Å². The quantitative estimate of drug-likeness (QED) is 0.564. The molecule has 0 aromatic carbocycles. The van der Waals surface area contributed by atoms with Crippen LogP contribution in [0.1, 0.15) is 32.1 Å². The van der Waals surface area contributed by atoms with Crippen molar-refractivity contribution in [3.63, 3.8) is 0 Å². The third-order valence-electron chi connectivity index (χ3n) is 2.56. The second-order valence-electron chi connectivity index (χ2n) is 3.85. The van der Waals surface area contributed by atoms with Gasteiger partial charge in [0.1, 0.15) is 5.54 Å². The van der Waals surface area contributed by atoms with Crippen molar-refractivity contribution in [1.29, 1.82) is 0 Å². The van der Waals surface area contributed by atoms with E-state index in [4.69, 9.17) is 15.3 Å². The van der Waals surface area contributed by atoms with E-state index in [1.54, 1.807) is 13.8 Å². The largest absolute Gasteiger partial charge is 0.480 e. The molecule has 1 unspecified atom stereocenters. The first-order valence-corrected chi connectivity index (χ1v) is 6.41. The Hall–Kier alpha value is -1.08. The van der Waals surface area contributed by atoms with E-state index in [9.17, 15) is 4.79 Å². The number of carbonyl (C=O) groups is 1.